The molecule has 0 aromatic heterocycles. The molecule has 138 valence electrons. The van der Waals surface area contributed by atoms with Gasteiger partial charge in [-0.2, -0.15) is 13.2 Å². The molecule has 0 spiro atoms. The molecule has 25 heavy (non-hydrogen) atoms. The number of anilines is 1. The van der Waals surface area contributed by atoms with Crippen molar-refractivity contribution in [2.24, 2.45) is 5.92 Å². The second kappa shape index (κ2) is 8.05. The van der Waals surface area contributed by atoms with E-state index in [0.29, 0.717) is 10.7 Å². The highest BCUT2D eigenvalue weighted by Crippen LogP contribution is 2.27. The molecule has 2 rings (SSSR count). The Hall–Kier alpha value is -1.80. The van der Waals surface area contributed by atoms with Gasteiger partial charge in [0.15, 0.2) is 0 Å². The van der Waals surface area contributed by atoms with Gasteiger partial charge >= 0.3 is 6.18 Å². The van der Waals surface area contributed by atoms with E-state index >= 15 is 0 Å². The highest BCUT2D eigenvalue weighted by Gasteiger charge is 2.35. The Kier molecular flexibility index (Phi) is 6.29. The molecule has 5 nitrogen and oxygen atoms in total. The lowest BCUT2D eigenvalue weighted by atomic mass is 10.1. The molecule has 1 N–H and O–H groups in total. The summed E-state index contributed by atoms with van der Waals surface area (Å²) < 4.78 is 40.6. The normalized spacial score (nSPS) is 19.2. The number of benzene rings is 1. The minimum Gasteiger partial charge on any atom is -0.370 e. The third-order valence-electron chi connectivity index (χ3n) is 3.64. The van der Waals surface area contributed by atoms with Crippen molar-refractivity contribution < 1.29 is 27.5 Å². The number of hydrogen-bond acceptors (Lipinski definition) is 3. The number of amides is 2. The number of nitrogens with one attached hydrogen (secondary N) is 1. The van der Waals surface area contributed by atoms with E-state index < -0.39 is 24.7 Å². The standard InChI is InChI=1S/C16H18ClF3N2O3/c1-10(8-25-9-16(18,19)20)21-15(24)11-5-14(23)22(7-11)13-4-2-3-12(17)6-13/h2-4,6,10-11H,5,7-9H2,1H3,(H,21,24)/t10-,11-/m0/s1. The van der Waals surface area contributed by atoms with Crippen LogP contribution in [0.5, 0.6) is 0 Å². The van der Waals surface area contributed by atoms with E-state index in [1.807, 2.05) is 0 Å². The lowest BCUT2D eigenvalue weighted by Crippen LogP contribution is -2.41. The Bertz CT molecular complexity index is 639. The molecule has 1 aromatic carbocycles. The van der Waals surface area contributed by atoms with Crippen LogP contribution in [0.3, 0.4) is 0 Å². The highest BCUT2D eigenvalue weighted by atomic mass is 35.5. The van der Waals surface area contributed by atoms with Crippen molar-refractivity contribution in [2.75, 3.05) is 24.7 Å². The molecule has 1 aliphatic rings. The van der Waals surface area contributed by atoms with Gasteiger partial charge in [-0.1, -0.05) is 17.7 Å². The molecular formula is C16H18ClF3N2O3. The van der Waals surface area contributed by atoms with Crippen LogP contribution in [-0.4, -0.2) is 43.8 Å². The first-order chi connectivity index (χ1) is 11.7. The van der Waals surface area contributed by atoms with E-state index in [1.54, 1.807) is 31.2 Å². The van der Waals surface area contributed by atoms with Gasteiger partial charge in [0.1, 0.15) is 6.61 Å². The van der Waals surface area contributed by atoms with Gasteiger partial charge in [-0.25, -0.2) is 0 Å². The third kappa shape index (κ3) is 5.89. The number of hydrogen-bond donors (Lipinski definition) is 1. The molecule has 2 amide bonds. The maximum absolute atomic E-state index is 12.2. The fourth-order valence-corrected chi connectivity index (χ4v) is 2.72. The van der Waals surface area contributed by atoms with Gasteiger partial charge in [-0.05, 0) is 25.1 Å². The van der Waals surface area contributed by atoms with E-state index in [9.17, 15) is 22.8 Å². The van der Waals surface area contributed by atoms with Crippen molar-refractivity contribution in [3.63, 3.8) is 0 Å². The molecule has 1 heterocycles. The van der Waals surface area contributed by atoms with Crippen LogP contribution in [0.15, 0.2) is 24.3 Å². The molecule has 1 aliphatic heterocycles. The van der Waals surface area contributed by atoms with E-state index in [4.69, 9.17) is 11.6 Å². The number of rotatable bonds is 6. The minimum atomic E-state index is -4.40. The number of carbonyl (C=O) groups is 2. The highest BCUT2D eigenvalue weighted by molar-refractivity contribution is 6.30. The SMILES string of the molecule is C[C@@H](COCC(F)(F)F)NC(=O)[C@H]1CC(=O)N(c2cccc(Cl)c2)C1. The Morgan fingerprint density at radius 1 is 1.48 bits per heavy atom. The maximum Gasteiger partial charge on any atom is 0.411 e. The van der Waals surface area contributed by atoms with Crippen LogP contribution < -0.4 is 10.2 Å². The quantitative estimate of drug-likeness (QED) is 0.828. The Morgan fingerprint density at radius 2 is 2.20 bits per heavy atom. The van der Waals surface area contributed by atoms with Gasteiger partial charge in [0.25, 0.3) is 0 Å². The van der Waals surface area contributed by atoms with Gasteiger partial charge in [0, 0.05) is 29.7 Å². The zero-order valence-corrected chi connectivity index (χ0v) is 14.2. The molecule has 9 heteroatoms. The predicted molar refractivity (Wildman–Crippen MR) is 86.4 cm³/mol. The molecule has 1 saturated heterocycles. The molecule has 1 aromatic rings. The molecule has 0 bridgehead atoms. The smallest absolute Gasteiger partial charge is 0.370 e. The first-order valence-electron chi connectivity index (χ1n) is 7.66. The van der Waals surface area contributed by atoms with Crippen molar-refractivity contribution in [1.82, 2.24) is 5.32 Å². The summed E-state index contributed by atoms with van der Waals surface area (Å²) in [7, 11) is 0. The van der Waals surface area contributed by atoms with E-state index in [-0.39, 0.29) is 31.4 Å². The van der Waals surface area contributed by atoms with E-state index in [2.05, 4.69) is 10.1 Å². The van der Waals surface area contributed by atoms with Gasteiger partial charge in [0.05, 0.1) is 12.5 Å². The largest absolute Gasteiger partial charge is 0.411 e. The third-order valence-corrected chi connectivity index (χ3v) is 3.87. The number of nitrogens with zero attached hydrogens (tertiary/aromatic N) is 1. The molecule has 0 unspecified atom stereocenters. The van der Waals surface area contributed by atoms with Crippen LogP contribution in [0.2, 0.25) is 5.02 Å². The summed E-state index contributed by atoms with van der Waals surface area (Å²) in [5, 5.41) is 3.06. The summed E-state index contributed by atoms with van der Waals surface area (Å²) in [6.07, 6.45) is -4.37. The van der Waals surface area contributed by atoms with Crippen LogP contribution >= 0.6 is 11.6 Å². The van der Waals surface area contributed by atoms with Crippen molar-refractivity contribution >= 4 is 29.1 Å². The van der Waals surface area contributed by atoms with Crippen LogP contribution in [0.4, 0.5) is 18.9 Å². The van der Waals surface area contributed by atoms with Gasteiger partial charge < -0.3 is 15.0 Å². The van der Waals surface area contributed by atoms with E-state index in [0.717, 1.165) is 0 Å². The number of ether oxygens (including phenoxy) is 1. The zero-order valence-electron chi connectivity index (χ0n) is 13.5. The molecule has 0 radical (unpaired) electrons. The topological polar surface area (TPSA) is 58.6 Å². The Balaban J connectivity index is 1.86. The summed E-state index contributed by atoms with van der Waals surface area (Å²) in [5.74, 6) is -1.17. The second-order valence-corrected chi connectivity index (χ2v) is 6.36. The number of carbonyl (C=O) groups excluding carboxylic acids is 2. The van der Waals surface area contributed by atoms with Gasteiger partial charge in [-0.15, -0.1) is 0 Å². The number of alkyl halides is 3. The van der Waals surface area contributed by atoms with Crippen molar-refractivity contribution in [3.8, 4) is 0 Å². The summed E-state index contributed by atoms with van der Waals surface area (Å²) in [5.41, 5.74) is 0.606. The molecule has 1 fully saturated rings. The van der Waals surface area contributed by atoms with E-state index in [1.165, 1.54) is 4.90 Å². The summed E-state index contributed by atoms with van der Waals surface area (Å²) in [6.45, 7) is 0.114. The minimum absolute atomic E-state index is 0.0362. The molecule has 0 saturated carbocycles. The average molecular weight is 379 g/mol. The summed E-state index contributed by atoms with van der Waals surface area (Å²) in [4.78, 5) is 25.8. The Morgan fingerprint density at radius 3 is 2.84 bits per heavy atom. The molecular weight excluding hydrogens is 361 g/mol. The fourth-order valence-electron chi connectivity index (χ4n) is 2.53. The van der Waals surface area contributed by atoms with Crippen LogP contribution in [0.25, 0.3) is 0 Å². The van der Waals surface area contributed by atoms with Gasteiger partial charge in [0.2, 0.25) is 11.8 Å². The van der Waals surface area contributed by atoms with Crippen molar-refractivity contribution in [1.29, 1.82) is 0 Å². The van der Waals surface area contributed by atoms with Crippen molar-refractivity contribution in [2.45, 2.75) is 25.6 Å². The summed E-state index contributed by atoms with van der Waals surface area (Å²) in [6, 6.07) is 6.15. The second-order valence-electron chi connectivity index (χ2n) is 5.93. The van der Waals surface area contributed by atoms with Crippen LogP contribution in [-0.2, 0) is 14.3 Å². The number of halogens is 4. The Labute approximate surface area is 148 Å². The zero-order chi connectivity index (χ0) is 18.6. The lowest BCUT2D eigenvalue weighted by Gasteiger charge is -2.19. The lowest BCUT2D eigenvalue weighted by molar-refractivity contribution is -0.175. The molecule has 0 aliphatic carbocycles. The molecule has 2 atom stereocenters. The van der Waals surface area contributed by atoms with Crippen molar-refractivity contribution in [3.05, 3.63) is 29.3 Å². The first-order valence-corrected chi connectivity index (χ1v) is 8.04. The summed E-state index contributed by atoms with van der Waals surface area (Å²) >= 11 is 5.91. The van der Waals surface area contributed by atoms with Crippen LogP contribution in [0.1, 0.15) is 13.3 Å². The van der Waals surface area contributed by atoms with Gasteiger partial charge in [-0.3, -0.25) is 9.59 Å². The monoisotopic (exact) mass is 378 g/mol. The van der Waals surface area contributed by atoms with Crippen LogP contribution in [0, 0.1) is 5.92 Å². The first kappa shape index (κ1) is 19.5. The average Bonchev–Trinajstić information content (AvgIpc) is 2.88. The predicted octanol–water partition coefficient (Wildman–Crippen LogP) is 2.78. The fraction of sp³-hybridized carbons (Fsp3) is 0.500. The maximum atomic E-state index is 12.2.